The summed E-state index contributed by atoms with van der Waals surface area (Å²) >= 11 is 0. The van der Waals surface area contributed by atoms with Crippen molar-refractivity contribution in [2.45, 2.75) is 71.7 Å². The van der Waals surface area contributed by atoms with E-state index in [-0.39, 0.29) is 24.3 Å². The van der Waals surface area contributed by atoms with Crippen LogP contribution in [-0.2, 0) is 14.3 Å². The smallest absolute Gasteiger partial charge is 0.312 e. The van der Waals surface area contributed by atoms with E-state index in [1.165, 1.54) is 16.7 Å². The van der Waals surface area contributed by atoms with E-state index in [1.54, 1.807) is 0 Å². The third kappa shape index (κ3) is 4.14. The van der Waals surface area contributed by atoms with Gasteiger partial charge in [-0.3, -0.25) is 4.79 Å². The van der Waals surface area contributed by atoms with Crippen molar-refractivity contribution in [3.63, 3.8) is 0 Å². The molecule has 0 aromatic heterocycles. The number of hydrogen-bond acceptors (Lipinski definition) is 3. The highest BCUT2D eigenvalue weighted by Gasteiger charge is 2.57. The van der Waals surface area contributed by atoms with Gasteiger partial charge in [0.2, 0.25) is 6.29 Å². The minimum Gasteiger partial charge on any atom is -0.433 e. The first kappa shape index (κ1) is 16.5. The largest absolute Gasteiger partial charge is 0.433 e. The molecule has 1 aliphatic carbocycles. The summed E-state index contributed by atoms with van der Waals surface area (Å²) in [5.74, 6) is 0.334. The van der Waals surface area contributed by atoms with Gasteiger partial charge in [-0.05, 0) is 59.3 Å². The summed E-state index contributed by atoms with van der Waals surface area (Å²) in [5, 5.41) is 0. The standard InChI is InChI=1S/C20H28O3/c1-13(2)6-4-7-14(3)8-5-9-15-10-11-16-17(12-15)19(21)23-20-18(16)22-20/h6,8,10,16-18,20H,4-5,7,9,11-12H2,1-3H3. The molecule has 0 saturated carbocycles. The second-order valence-electron chi connectivity index (χ2n) is 7.39. The lowest BCUT2D eigenvalue weighted by Gasteiger charge is -2.31. The number of fused-ring (bicyclic) bond motifs is 3. The van der Waals surface area contributed by atoms with Crippen molar-refractivity contribution in [2.75, 3.05) is 0 Å². The van der Waals surface area contributed by atoms with Crippen molar-refractivity contribution in [1.82, 2.24) is 0 Å². The molecular weight excluding hydrogens is 288 g/mol. The molecule has 2 aliphatic heterocycles. The summed E-state index contributed by atoms with van der Waals surface area (Å²) in [6.07, 6.45) is 13.2. The van der Waals surface area contributed by atoms with Crippen LogP contribution in [0.5, 0.6) is 0 Å². The fourth-order valence-electron chi connectivity index (χ4n) is 3.71. The van der Waals surface area contributed by atoms with Crippen LogP contribution in [0.25, 0.3) is 0 Å². The van der Waals surface area contributed by atoms with E-state index in [0.717, 1.165) is 38.5 Å². The molecule has 0 aromatic carbocycles. The van der Waals surface area contributed by atoms with Gasteiger partial charge in [-0.25, -0.2) is 0 Å². The summed E-state index contributed by atoms with van der Waals surface area (Å²) < 4.78 is 10.7. The van der Waals surface area contributed by atoms with Crippen molar-refractivity contribution in [3.8, 4) is 0 Å². The molecule has 3 nitrogen and oxygen atoms in total. The maximum atomic E-state index is 12.0. The Labute approximate surface area is 139 Å². The molecule has 3 aliphatic rings. The number of epoxide rings is 1. The van der Waals surface area contributed by atoms with Gasteiger partial charge < -0.3 is 9.47 Å². The molecule has 2 heterocycles. The quantitative estimate of drug-likeness (QED) is 0.405. The van der Waals surface area contributed by atoms with Crippen LogP contribution < -0.4 is 0 Å². The maximum Gasteiger partial charge on any atom is 0.312 e. The van der Waals surface area contributed by atoms with Crippen LogP contribution in [0.3, 0.4) is 0 Å². The van der Waals surface area contributed by atoms with E-state index < -0.39 is 0 Å². The van der Waals surface area contributed by atoms with Crippen molar-refractivity contribution in [1.29, 1.82) is 0 Å². The Balaban J connectivity index is 1.46. The zero-order chi connectivity index (χ0) is 16.4. The number of allylic oxidation sites excluding steroid dienone is 6. The highest BCUT2D eigenvalue weighted by molar-refractivity contribution is 5.75. The van der Waals surface area contributed by atoms with Gasteiger partial charge in [0.25, 0.3) is 0 Å². The Hall–Kier alpha value is -1.35. The number of esters is 1. The fraction of sp³-hybridized carbons (Fsp3) is 0.650. The number of carbonyl (C=O) groups excluding carboxylic acids is 1. The summed E-state index contributed by atoms with van der Waals surface area (Å²) in [6, 6.07) is 0. The first-order chi connectivity index (χ1) is 11.0. The third-order valence-corrected chi connectivity index (χ3v) is 5.17. The molecule has 23 heavy (non-hydrogen) atoms. The Kier molecular flexibility index (Phi) is 5.05. The molecule has 126 valence electrons. The van der Waals surface area contributed by atoms with Gasteiger partial charge in [0.05, 0.1) is 5.92 Å². The predicted octanol–water partition coefficient (Wildman–Crippen LogP) is 4.69. The molecule has 0 aromatic rings. The van der Waals surface area contributed by atoms with Crippen LogP contribution in [0.1, 0.15) is 59.3 Å². The molecule has 0 amide bonds. The van der Waals surface area contributed by atoms with Gasteiger partial charge in [0.1, 0.15) is 6.10 Å². The second-order valence-corrected chi connectivity index (χ2v) is 7.39. The van der Waals surface area contributed by atoms with Gasteiger partial charge in [-0.15, -0.1) is 0 Å². The first-order valence-electron chi connectivity index (χ1n) is 8.87. The summed E-state index contributed by atoms with van der Waals surface area (Å²) in [7, 11) is 0. The lowest BCUT2D eigenvalue weighted by Crippen LogP contribution is -2.37. The van der Waals surface area contributed by atoms with Crippen LogP contribution in [0.2, 0.25) is 0 Å². The lowest BCUT2D eigenvalue weighted by atomic mass is 9.76. The molecule has 0 spiro atoms. The Bertz CT molecular complexity index is 551. The van der Waals surface area contributed by atoms with E-state index in [9.17, 15) is 4.79 Å². The number of rotatable bonds is 6. The topological polar surface area (TPSA) is 38.8 Å². The van der Waals surface area contributed by atoms with Gasteiger partial charge in [0.15, 0.2) is 0 Å². The van der Waals surface area contributed by atoms with Crippen LogP contribution in [0.4, 0.5) is 0 Å². The molecule has 3 rings (SSSR count). The van der Waals surface area contributed by atoms with Gasteiger partial charge in [-0.1, -0.05) is 34.9 Å². The normalized spacial score (nSPS) is 32.4. The van der Waals surface area contributed by atoms with Crippen molar-refractivity contribution in [3.05, 3.63) is 34.9 Å². The molecule has 2 saturated heterocycles. The van der Waals surface area contributed by atoms with Crippen LogP contribution >= 0.6 is 0 Å². The van der Waals surface area contributed by atoms with Crippen LogP contribution in [0, 0.1) is 11.8 Å². The van der Waals surface area contributed by atoms with E-state index in [1.807, 2.05) is 0 Å². The number of hydrogen-bond donors (Lipinski definition) is 0. The molecule has 4 atom stereocenters. The predicted molar refractivity (Wildman–Crippen MR) is 90.7 cm³/mol. The van der Waals surface area contributed by atoms with E-state index in [2.05, 4.69) is 39.0 Å². The average Bonchev–Trinajstić information content (AvgIpc) is 3.26. The van der Waals surface area contributed by atoms with Gasteiger partial charge >= 0.3 is 5.97 Å². The first-order valence-corrected chi connectivity index (χ1v) is 8.87. The van der Waals surface area contributed by atoms with Crippen molar-refractivity contribution < 1.29 is 14.3 Å². The zero-order valence-corrected chi connectivity index (χ0v) is 14.5. The molecule has 0 radical (unpaired) electrons. The molecular formula is C20H28O3. The minimum atomic E-state index is -0.231. The molecule has 0 bridgehead atoms. The van der Waals surface area contributed by atoms with E-state index in [0.29, 0.717) is 5.92 Å². The summed E-state index contributed by atoms with van der Waals surface area (Å²) in [4.78, 5) is 12.0. The molecule has 0 N–H and O–H groups in total. The average molecular weight is 316 g/mol. The number of ether oxygens (including phenoxy) is 2. The lowest BCUT2D eigenvalue weighted by molar-refractivity contribution is -0.158. The molecule has 4 unspecified atom stereocenters. The van der Waals surface area contributed by atoms with E-state index >= 15 is 0 Å². The SMILES string of the molecule is CC(C)=CCCC(C)=CCCC1=CCC2C(C1)C(=O)OC1OC12. The third-order valence-electron chi connectivity index (χ3n) is 5.17. The Morgan fingerprint density at radius 3 is 2.87 bits per heavy atom. The van der Waals surface area contributed by atoms with Gasteiger partial charge in [0, 0.05) is 5.92 Å². The summed E-state index contributed by atoms with van der Waals surface area (Å²) in [6.45, 7) is 6.51. The van der Waals surface area contributed by atoms with E-state index in [4.69, 9.17) is 9.47 Å². The number of carbonyl (C=O) groups is 1. The maximum absolute atomic E-state index is 12.0. The highest BCUT2D eigenvalue weighted by Crippen LogP contribution is 2.47. The van der Waals surface area contributed by atoms with Gasteiger partial charge in [-0.2, -0.15) is 0 Å². The monoisotopic (exact) mass is 316 g/mol. The zero-order valence-electron chi connectivity index (χ0n) is 14.5. The second kappa shape index (κ2) is 7.04. The van der Waals surface area contributed by atoms with Crippen LogP contribution in [-0.4, -0.2) is 18.4 Å². The van der Waals surface area contributed by atoms with Crippen molar-refractivity contribution in [2.24, 2.45) is 11.8 Å². The molecule has 2 fully saturated rings. The Morgan fingerprint density at radius 1 is 1.26 bits per heavy atom. The van der Waals surface area contributed by atoms with Crippen LogP contribution in [0.15, 0.2) is 34.9 Å². The molecule has 3 heteroatoms. The highest BCUT2D eigenvalue weighted by atomic mass is 16.8. The fourth-order valence-corrected chi connectivity index (χ4v) is 3.71. The Morgan fingerprint density at radius 2 is 2.09 bits per heavy atom. The summed E-state index contributed by atoms with van der Waals surface area (Å²) in [5.41, 5.74) is 4.26. The van der Waals surface area contributed by atoms with Crippen molar-refractivity contribution >= 4 is 5.97 Å². The minimum absolute atomic E-state index is 0.0292.